The van der Waals surface area contributed by atoms with E-state index in [0.29, 0.717) is 18.0 Å². The lowest BCUT2D eigenvalue weighted by Gasteiger charge is -2.25. The molecular weight excluding hydrogens is 482 g/mol. The maximum atomic E-state index is 11.7. The van der Waals surface area contributed by atoms with Gasteiger partial charge in [-0.05, 0) is 51.1 Å². The van der Waals surface area contributed by atoms with Gasteiger partial charge in [0.1, 0.15) is 16.5 Å². The van der Waals surface area contributed by atoms with Crippen molar-refractivity contribution in [3.05, 3.63) is 75.7 Å². The molecule has 1 aliphatic heterocycles. The van der Waals surface area contributed by atoms with Crippen molar-refractivity contribution < 1.29 is 22.1 Å². The number of nitrogens with two attached hydrogens (primary N) is 1. The largest absolute Gasteiger partial charge is 0.464 e. The van der Waals surface area contributed by atoms with Crippen LogP contribution in [0.15, 0.2) is 59.5 Å². The Morgan fingerprint density at radius 2 is 1.88 bits per heavy atom. The molecule has 0 saturated carbocycles. The fraction of sp³-hybridized carbons (Fsp3) is 0.304. The van der Waals surface area contributed by atoms with Crippen molar-refractivity contribution in [2.75, 3.05) is 18.6 Å². The first-order chi connectivity index (χ1) is 15.9. The number of rotatable bonds is 5. The molecule has 9 nitrogen and oxygen atoms in total. The summed E-state index contributed by atoms with van der Waals surface area (Å²) in [7, 11) is -3.53. The molecule has 4 rings (SSSR count). The highest BCUT2D eigenvalue weighted by Crippen LogP contribution is 2.44. The molecule has 0 saturated heterocycles. The molecule has 0 amide bonds. The van der Waals surface area contributed by atoms with Crippen molar-refractivity contribution in [3.63, 3.8) is 0 Å². The van der Waals surface area contributed by atoms with Gasteiger partial charge in [0.2, 0.25) is 6.29 Å². The van der Waals surface area contributed by atoms with Gasteiger partial charge >= 0.3 is 10.1 Å². The topological polar surface area (TPSA) is 123 Å². The summed E-state index contributed by atoms with van der Waals surface area (Å²) >= 11 is 5.73. The Hall–Kier alpha value is -3.08. The van der Waals surface area contributed by atoms with Gasteiger partial charge in [0.05, 0.1) is 29.2 Å². The second-order valence-corrected chi connectivity index (χ2v) is 9.99. The van der Waals surface area contributed by atoms with Crippen LogP contribution in [0.25, 0.3) is 5.69 Å². The van der Waals surface area contributed by atoms with E-state index in [0.717, 1.165) is 11.8 Å². The van der Waals surface area contributed by atoms with E-state index in [9.17, 15) is 13.2 Å². The Morgan fingerprint density at radius 1 is 1.21 bits per heavy atom. The van der Waals surface area contributed by atoms with Crippen LogP contribution in [-0.2, 0) is 20.3 Å². The minimum Gasteiger partial charge on any atom is -0.464 e. The highest BCUT2D eigenvalue weighted by Gasteiger charge is 2.42. The summed E-state index contributed by atoms with van der Waals surface area (Å²) < 4.78 is 39.7. The van der Waals surface area contributed by atoms with Gasteiger partial charge in [-0.25, -0.2) is 0 Å². The van der Waals surface area contributed by atoms with Crippen LogP contribution in [-0.4, -0.2) is 37.4 Å². The van der Waals surface area contributed by atoms with Crippen molar-refractivity contribution in [1.82, 2.24) is 9.78 Å². The van der Waals surface area contributed by atoms with E-state index in [1.165, 1.54) is 10.9 Å². The molecule has 1 unspecified atom stereocenters. The predicted octanol–water partition coefficient (Wildman–Crippen LogP) is 3.53. The average Bonchev–Trinajstić information content (AvgIpc) is 3.02. The van der Waals surface area contributed by atoms with Gasteiger partial charge < -0.3 is 19.4 Å². The molecular formula is C23H26ClN3O6S. The van der Waals surface area contributed by atoms with E-state index >= 15 is 0 Å². The van der Waals surface area contributed by atoms with Crippen LogP contribution in [0.3, 0.4) is 0 Å². The van der Waals surface area contributed by atoms with Crippen molar-refractivity contribution in [2.45, 2.75) is 32.5 Å². The number of anilines is 1. The standard InChI is InChI=1S/C13H18O5S.C10H8ClN3O/c1-5-16-12-13(2,3)10-8-9(18-19(4,14)15)6-7-11(10)17-12;11-9-8(12)6-13-14(10(9)15)7-4-2-1-3-5-7/h6-8,12H,5H2,1-4H3;1-6H,12H2. The number of hydrogen-bond acceptors (Lipinski definition) is 8. The molecule has 1 aromatic heterocycles. The van der Waals surface area contributed by atoms with E-state index in [4.69, 9.17) is 31.0 Å². The summed E-state index contributed by atoms with van der Waals surface area (Å²) in [5, 5.41) is 3.90. The monoisotopic (exact) mass is 507 g/mol. The summed E-state index contributed by atoms with van der Waals surface area (Å²) in [4.78, 5) is 11.7. The smallest absolute Gasteiger partial charge is 0.306 e. The fourth-order valence-corrected chi connectivity index (χ4v) is 3.91. The summed E-state index contributed by atoms with van der Waals surface area (Å²) in [5.74, 6) is 0.986. The third kappa shape index (κ3) is 5.69. The Balaban J connectivity index is 0.000000196. The van der Waals surface area contributed by atoms with E-state index < -0.39 is 15.7 Å². The van der Waals surface area contributed by atoms with Crippen LogP contribution in [0.1, 0.15) is 26.3 Å². The Bertz CT molecular complexity index is 1330. The van der Waals surface area contributed by atoms with Gasteiger partial charge in [0.25, 0.3) is 5.56 Å². The highest BCUT2D eigenvalue weighted by atomic mass is 35.5. The molecule has 1 aliphatic rings. The molecule has 2 aromatic carbocycles. The fourth-order valence-electron chi connectivity index (χ4n) is 3.32. The molecule has 0 aliphatic carbocycles. The molecule has 0 spiro atoms. The van der Waals surface area contributed by atoms with E-state index in [1.807, 2.05) is 39.0 Å². The van der Waals surface area contributed by atoms with Crippen molar-refractivity contribution in [1.29, 1.82) is 0 Å². The highest BCUT2D eigenvalue weighted by molar-refractivity contribution is 7.86. The average molecular weight is 508 g/mol. The van der Waals surface area contributed by atoms with E-state index in [-0.39, 0.29) is 28.2 Å². The first kappa shape index (κ1) is 25.5. The third-order valence-corrected chi connectivity index (χ3v) is 5.86. The number of aromatic nitrogens is 2. The minimum atomic E-state index is -3.53. The molecule has 11 heteroatoms. The molecule has 34 heavy (non-hydrogen) atoms. The van der Waals surface area contributed by atoms with Gasteiger partial charge in [0, 0.05) is 12.2 Å². The Labute approximate surface area is 203 Å². The van der Waals surface area contributed by atoms with Crippen LogP contribution in [0.5, 0.6) is 11.5 Å². The first-order valence-corrected chi connectivity index (χ1v) is 12.5. The van der Waals surface area contributed by atoms with Crippen LogP contribution >= 0.6 is 11.6 Å². The number of para-hydroxylation sites is 1. The van der Waals surface area contributed by atoms with Crippen molar-refractivity contribution in [2.24, 2.45) is 0 Å². The Kier molecular flexibility index (Phi) is 7.54. The molecule has 0 radical (unpaired) electrons. The summed E-state index contributed by atoms with van der Waals surface area (Å²) in [6.07, 6.45) is 2.00. The minimum absolute atomic E-state index is 0.00569. The van der Waals surface area contributed by atoms with E-state index in [2.05, 4.69) is 5.10 Å². The molecule has 1 atom stereocenters. The second kappa shape index (κ2) is 10.0. The number of fused-ring (bicyclic) bond motifs is 1. The molecule has 182 valence electrons. The molecule has 0 fully saturated rings. The van der Waals surface area contributed by atoms with Gasteiger partial charge in [-0.15, -0.1) is 0 Å². The number of halogens is 1. The number of ether oxygens (including phenoxy) is 2. The van der Waals surface area contributed by atoms with E-state index in [1.54, 1.807) is 30.3 Å². The first-order valence-electron chi connectivity index (χ1n) is 10.3. The van der Waals surface area contributed by atoms with Crippen LogP contribution in [0.2, 0.25) is 5.02 Å². The molecule has 2 N–H and O–H groups in total. The lowest BCUT2D eigenvalue weighted by Crippen LogP contribution is -2.34. The lowest BCUT2D eigenvalue weighted by atomic mass is 9.85. The Morgan fingerprint density at radius 3 is 2.50 bits per heavy atom. The number of benzene rings is 2. The van der Waals surface area contributed by atoms with Crippen molar-refractivity contribution >= 4 is 27.4 Å². The quantitative estimate of drug-likeness (QED) is 0.520. The van der Waals surface area contributed by atoms with Gasteiger partial charge in [-0.2, -0.15) is 18.2 Å². The normalized spacial score (nSPS) is 16.1. The zero-order valence-corrected chi connectivity index (χ0v) is 20.8. The molecule has 0 bridgehead atoms. The number of nitrogen functional groups attached to an aromatic ring is 1. The zero-order chi connectivity index (χ0) is 25.1. The van der Waals surface area contributed by atoms with Crippen LogP contribution in [0.4, 0.5) is 5.69 Å². The SMILES string of the molecule is CCOC1Oc2ccc(OS(C)(=O)=O)cc2C1(C)C.Nc1cnn(-c2ccccc2)c(=O)c1Cl. The maximum absolute atomic E-state index is 11.7. The summed E-state index contributed by atoms with van der Waals surface area (Å²) in [6.45, 7) is 6.43. The maximum Gasteiger partial charge on any atom is 0.306 e. The van der Waals surface area contributed by atoms with Gasteiger partial charge in [-0.1, -0.05) is 29.8 Å². The van der Waals surface area contributed by atoms with Crippen LogP contribution < -0.4 is 20.2 Å². The van der Waals surface area contributed by atoms with Gasteiger partial charge in [-0.3, -0.25) is 4.79 Å². The third-order valence-electron chi connectivity index (χ3n) is 4.98. The predicted molar refractivity (Wildman–Crippen MR) is 130 cm³/mol. The number of nitrogens with zero attached hydrogens (tertiary/aromatic N) is 2. The van der Waals surface area contributed by atoms with Crippen LogP contribution in [0, 0.1) is 0 Å². The molecule has 2 heterocycles. The lowest BCUT2D eigenvalue weighted by molar-refractivity contribution is -0.0981. The van der Waals surface area contributed by atoms with Crippen molar-refractivity contribution in [3.8, 4) is 17.2 Å². The number of hydrogen-bond donors (Lipinski definition) is 1. The second-order valence-electron chi connectivity index (χ2n) is 8.04. The summed E-state index contributed by atoms with van der Waals surface area (Å²) in [5.41, 5.74) is 6.41. The zero-order valence-electron chi connectivity index (χ0n) is 19.2. The summed E-state index contributed by atoms with van der Waals surface area (Å²) in [6, 6.07) is 14.0. The molecule has 3 aromatic rings. The van der Waals surface area contributed by atoms with Gasteiger partial charge in [0.15, 0.2) is 0 Å².